The first-order valence-electron chi connectivity index (χ1n) is 6.02. The number of carbonyl (C=O) groups excluding carboxylic acids is 2. The largest absolute Gasteiger partial charge is 0.406 e. The van der Waals surface area contributed by atoms with Crippen molar-refractivity contribution in [1.29, 1.82) is 0 Å². The maximum Gasteiger partial charge on any atom is 0.406 e. The van der Waals surface area contributed by atoms with Gasteiger partial charge in [0.1, 0.15) is 6.54 Å². The Balaban J connectivity index is 2.31. The van der Waals surface area contributed by atoms with Crippen LogP contribution in [-0.4, -0.2) is 61.1 Å². The molecule has 19 heavy (non-hydrogen) atoms. The number of likely N-dealkylation sites (N-methyl/N-ethyl adjacent to an activating group) is 1. The number of carbonyl (C=O) groups is 2. The van der Waals surface area contributed by atoms with Crippen LogP contribution in [-0.2, 0) is 4.79 Å². The Bertz CT molecular complexity index is 347. The average molecular weight is 281 g/mol. The van der Waals surface area contributed by atoms with Crippen LogP contribution in [0, 0.1) is 5.92 Å². The van der Waals surface area contributed by atoms with Crippen molar-refractivity contribution < 1.29 is 22.8 Å². The summed E-state index contributed by atoms with van der Waals surface area (Å²) in [4.78, 5) is 25.1. The highest BCUT2D eigenvalue weighted by Crippen LogP contribution is 2.16. The number of likely N-dealkylation sites (tertiary alicyclic amines) is 1. The van der Waals surface area contributed by atoms with Gasteiger partial charge in [0.05, 0.1) is 6.54 Å². The molecular weight excluding hydrogens is 263 g/mol. The van der Waals surface area contributed by atoms with Crippen molar-refractivity contribution in [1.82, 2.24) is 15.1 Å². The van der Waals surface area contributed by atoms with Gasteiger partial charge < -0.3 is 15.1 Å². The average Bonchev–Trinajstić information content (AvgIpc) is 2.69. The van der Waals surface area contributed by atoms with Gasteiger partial charge in [-0.3, -0.25) is 4.79 Å². The monoisotopic (exact) mass is 281 g/mol. The molecule has 0 saturated carbocycles. The van der Waals surface area contributed by atoms with Crippen LogP contribution in [0.15, 0.2) is 0 Å². The van der Waals surface area contributed by atoms with Crippen LogP contribution in [0.1, 0.15) is 13.3 Å². The zero-order chi connectivity index (χ0) is 14.6. The van der Waals surface area contributed by atoms with Crippen molar-refractivity contribution in [3.63, 3.8) is 0 Å². The summed E-state index contributed by atoms with van der Waals surface area (Å²) in [7, 11) is 1.06. The Labute approximate surface area is 109 Å². The number of hydrogen-bond donors (Lipinski definition) is 1. The van der Waals surface area contributed by atoms with Gasteiger partial charge in [0.15, 0.2) is 0 Å². The summed E-state index contributed by atoms with van der Waals surface area (Å²) in [5.41, 5.74) is 0. The Kier molecular flexibility index (Phi) is 5.02. The SMILES string of the molecule is C[C@H]1CCN(C(=O)NCC(=O)N(C)CC(F)(F)F)C1. The highest BCUT2D eigenvalue weighted by molar-refractivity contribution is 5.84. The predicted octanol–water partition coefficient (Wildman–Crippen LogP) is 1.06. The summed E-state index contributed by atoms with van der Waals surface area (Å²) in [5, 5.41) is 2.34. The summed E-state index contributed by atoms with van der Waals surface area (Å²) >= 11 is 0. The van der Waals surface area contributed by atoms with Crippen LogP contribution >= 0.6 is 0 Å². The second-order valence-corrected chi connectivity index (χ2v) is 4.86. The van der Waals surface area contributed by atoms with E-state index in [0.29, 0.717) is 23.9 Å². The minimum absolute atomic E-state index is 0.405. The number of rotatable bonds is 3. The second-order valence-electron chi connectivity index (χ2n) is 4.86. The van der Waals surface area contributed by atoms with Crippen LogP contribution in [0.4, 0.5) is 18.0 Å². The van der Waals surface area contributed by atoms with E-state index in [1.807, 2.05) is 6.92 Å². The lowest BCUT2D eigenvalue weighted by Crippen LogP contribution is -2.45. The molecule has 0 radical (unpaired) electrons. The Morgan fingerprint density at radius 1 is 1.42 bits per heavy atom. The van der Waals surface area contributed by atoms with E-state index in [9.17, 15) is 22.8 Å². The molecule has 110 valence electrons. The number of urea groups is 1. The zero-order valence-corrected chi connectivity index (χ0v) is 11.0. The third kappa shape index (κ3) is 5.35. The number of nitrogens with one attached hydrogen (secondary N) is 1. The van der Waals surface area contributed by atoms with Gasteiger partial charge in [0, 0.05) is 20.1 Å². The Morgan fingerprint density at radius 2 is 2.05 bits per heavy atom. The molecule has 0 bridgehead atoms. The third-order valence-corrected chi connectivity index (χ3v) is 2.94. The van der Waals surface area contributed by atoms with Gasteiger partial charge in [-0.2, -0.15) is 13.2 Å². The number of hydrogen-bond acceptors (Lipinski definition) is 2. The normalized spacial score (nSPS) is 19.4. The molecule has 1 aliphatic heterocycles. The van der Waals surface area contributed by atoms with Crippen molar-refractivity contribution in [2.24, 2.45) is 5.92 Å². The van der Waals surface area contributed by atoms with Gasteiger partial charge in [-0.1, -0.05) is 6.92 Å². The second kappa shape index (κ2) is 6.12. The molecule has 0 unspecified atom stereocenters. The minimum atomic E-state index is -4.43. The smallest absolute Gasteiger partial charge is 0.335 e. The summed E-state index contributed by atoms with van der Waals surface area (Å²) in [5.74, 6) is -0.354. The van der Waals surface area contributed by atoms with Gasteiger partial charge in [0.2, 0.25) is 5.91 Å². The van der Waals surface area contributed by atoms with Crippen LogP contribution in [0.5, 0.6) is 0 Å². The molecule has 1 aliphatic rings. The van der Waals surface area contributed by atoms with E-state index in [-0.39, 0.29) is 0 Å². The molecule has 1 N–H and O–H groups in total. The van der Waals surface area contributed by atoms with Crippen LogP contribution in [0.3, 0.4) is 0 Å². The predicted molar refractivity (Wildman–Crippen MR) is 62.4 cm³/mol. The van der Waals surface area contributed by atoms with E-state index < -0.39 is 31.2 Å². The summed E-state index contributed by atoms with van der Waals surface area (Å²) in [6.45, 7) is 1.49. The molecule has 0 aromatic heterocycles. The van der Waals surface area contributed by atoms with Crippen molar-refractivity contribution >= 4 is 11.9 Å². The van der Waals surface area contributed by atoms with Crippen LogP contribution < -0.4 is 5.32 Å². The highest BCUT2D eigenvalue weighted by atomic mass is 19.4. The topological polar surface area (TPSA) is 52.7 Å². The molecule has 1 rings (SSSR count). The lowest BCUT2D eigenvalue weighted by molar-refractivity contribution is -0.157. The zero-order valence-electron chi connectivity index (χ0n) is 11.0. The highest BCUT2D eigenvalue weighted by Gasteiger charge is 2.31. The number of nitrogens with zero attached hydrogens (tertiary/aromatic N) is 2. The molecule has 0 aromatic carbocycles. The van der Waals surface area contributed by atoms with Gasteiger partial charge in [-0.05, 0) is 12.3 Å². The van der Waals surface area contributed by atoms with E-state index in [1.54, 1.807) is 4.90 Å². The van der Waals surface area contributed by atoms with E-state index >= 15 is 0 Å². The van der Waals surface area contributed by atoms with Crippen molar-refractivity contribution in [2.75, 3.05) is 33.2 Å². The number of amides is 3. The lowest BCUT2D eigenvalue weighted by Gasteiger charge is -2.21. The third-order valence-electron chi connectivity index (χ3n) is 2.94. The van der Waals surface area contributed by atoms with E-state index in [2.05, 4.69) is 5.32 Å². The number of alkyl halides is 3. The van der Waals surface area contributed by atoms with Gasteiger partial charge in [0.25, 0.3) is 0 Å². The molecule has 3 amide bonds. The molecule has 1 atom stereocenters. The molecule has 1 saturated heterocycles. The fourth-order valence-corrected chi connectivity index (χ4v) is 1.87. The van der Waals surface area contributed by atoms with Gasteiger partial charge in [-0.25, -0.2) is 4.79 Å². The van der Waals surface area contributed by atoms with Crippen molar-refractivity contribution in [2.45, 2.75) is 19.5 Å². The standard InChI is InChI=1S/C11H18F3N3O2/c1-8-3-4-17(6-8)10(19)15-5-9(18)16(2)7-11(12,13)14/h8H,3-7H2,1-2H3,(H,15,19)/t8-/m0/s1. The molecular formula is C11H18F3N3O2. The summed E-state index contributed by atoms with van der Waals surface area (Å²) in [6.07, 6.45) is -3.53. The lowest BCUT2D eigenvalue weighted by atomic mass is 10.2. The molecule has 0 spiro atoms. The van der Waals surface area contributed by atoms with Crippen LogP contribution in [0.2, 0.25) is 0 Å². The van der Waals surface area contributed by atoms with E-state index in [4.69, 9.17) is 0 Å². The molecule has 1 heterocycles. The first-order valence-corrected chi connectivity index (χ1v) is 6.02. The first kappa shape index (κ1) is 15.6. The molecule has 1 fully saturated rings. The molecule has 8 heteroatoms. The van der Waals surface area contributed by atoms with Crippen molar-refractivity contribution in [3.8, 4) is 0 Å². The quantitative estimate of drug-likeness (QED) is 0.841. The fraction of sp³-hybridized carbons (Fsp3) is 0.818. The van der Waals surface area contributed by atoms with E-state index in [1.165, 1.54) is 0 Å². The summed E-state index contributed by atoms with van der Waals surface area (Å²) < 4.78 is 36.2. The Morgan fingerprint density at radius 3 is 2.53 bits per heavy atom. The summed E-state index contributed by atoms with van der Waals surface area (Å²) in [6, 6.07) is -0.405. The fourth-order valence-electron chi connectivity index (χ4n) is 1.87. The molecule has 0 aliphatic carbocycles. The maximum absolute atomic E-state index is 12.1. The van der Waals surface area contributed by atoms with E-state index in [0.717, 1.165) is 13.5 Å². The first-order chi connectivity index (χ1) is 8.69. The Hall–Kier alpha value is -1.47. The maximum atomic E-state index is 12.1. The van der Waals surface area contributed by atoms with Crippen molar-refractivity contribution in [3.05, 3.63) is 0 Å². The van der Waals surface area contributed by atoms with Gasteiger partial charge in [-0.15, -0.1) is 0 Å². The van der Waals surface area contributed by atoms with Crippen LogP contribution in [0.25, 0.3) is 0 Å². The number of halogens is 3. The minimum Gasteiger partial charge on any atom is -0.335 e. The molecule has 5 nitrogen and oxygen atoms in total. The molecule has 0 aromatic rings. The van der Waals surface area contributed by atoms with Gasteiger partial charge >= 0.3 is 12.2 Å².